The van der Waals surface area contributed by atoms with E-state index in [1.54, 1.807) is 18.4 Å². The maximum absolute atomic E-state index is 11.6. The minimum Gasteiger partial charge on any atom is -0.383 e. The normalized spacial score (nSPS) is 12.4. The van der Waals surface area contributed by atoms with Gasteiger partial charge >= 0.3 is 0 Å². The van der Waals surface area contributed by atoms with Crippen molar-refractivity contribution in [1.82, 2.24) is 10.6 Å². The largest absolute Gasteiger partial charge is 0.383 e. The van der Waals surface area contributed by atoms with E-state index in [4.69, 9.17) is 4.74 Å². The molecule has 1 unspecified atom stereocenters. The highest BCUT2D eigenvalue weighted by Crippen LogP contribution is 2.05. The highest BCUT2D eigenvalue weighted by atomic mass is 32.1. The first-order valence-corrected chi connectivity index (χ1v) is 6.69. The Kier molecular flexibility index (Phi) is 6.84. The van der Waals surface area contributed by atoms with Crippen molar-refractivity contribution in [3.63, 3.8) is 0 Å². The molecule has 5 heteroatoms. The molecule has 0 aliphatic carbocycles. The van der Waals surface area contributed by atoms with Gasteiger partial charge in [-0.3, -0.25) is 4.79 Å². The molecule has 1 aromatic heterocycles. The minimum atomic E-state index is -0.162. The van der Waals surface area contributed by atoms with Crippen LogP contribution in [0.25, 0.3) is 0 Å². The molecule has 2 N–H and O–H groups in total. The molecule has 1 atom stereocenters. The van der Waals surface area contributed by atoms with Crippen LogP contribution in [-0.4, -0.2) is 38.8 Å². The Morgan fingerprint density at radius 1 is 1.53 bits per heavy atom. The van der Waals surface area contributed by atoms with E-state index in [9.17, 15) is 4.79 Å². The third-order valence-corrected chi connectivity index (χ3v) is 3.18. The second kappa shape index (κ2) is 8.22. The van der Waals surface area contributed by atoms with Gasteiger partial charge in [0.2, 0.25) is 5.91 Å². The lowest BCUT2D eigenvalue weighted by atomic mass is 10.2. The van der Waals surface area contributed by atoms with Crippen LogP contribution in [0.15, 0.2) is 16.8 Å². The van der Waals surface area contributed by atoms with Crippen LogP contribution in [0.4, 0.5) is 0 Å². The fourth-order valence-electron chi connectivity index (χ4n) is 1.39. The molecule has 96 valence electrons. The van der Waals surface area contributed by atoms with Gasteiger partial charge in [-0.05, 0) is 42.3 Å². The molecule has 0 bridgehead atoms. The number of nitrogens with one attached hydrogen (secondary N) is 2. The number of hydrogen-bond donors (Lipinski definition) is 2. The lowest BCUT2D eigenvalue weighted by molar-refractivity contribution is -0.122. The van der Waals surface area contributed by atoms with Crippen molar-refractivity contribution in [1.29, 1.82) is 0 Å². The van der Waals surface area contributed by atoms with E-state index in [0.29, 0.717) is 13.2 Å². The molecule has 17 heavy (non-hydrogen) atoms. The van der Waals surface area contributed by atoms with Crippen LogP contribution in [0, 0.1) is 0 Å². The fourth-order valence-corrected chi connectivity index (χ4v) is 2.09. The van der Waals surface area contributed by atoms with E-state index >= 15 is 0 Å². The van der Waals surface area contributed by atoms with Crippen LogP contribution in [0.5, 0.6) is 0 Å². The van der Waals surface area contributed by atoms with Crippen LogP contribution in [0.1, 0.15) is 12.5 Å². The van der Waals surface area contributed by atoms with Gasteiger partial charge in [0.25, 0.3) is 0 Å². The smallest absolute Gasteiger partial charge is 0.236 e. The second-order valence-electron chi connectivity index (χ2n) is 3.84. The Morgan fingerprint density at radius 3 is 3.00 bits per heavy atom. The molecule has 0 saturated carbocycles. The standard InChI is InChI=1S/C12H20N2O2S/c1-10(12(15)14-6-7-16-2)13-5-3-11-4-8-17-9-11/h4,8-10,13H,3,5-7H2,1-2H3,(H,14,15). The highest BCUT2D eigenvalue weighted by Gasteiger charge is 2.10. The fraction of sp³-hybridized carbons (Fsp3) is 0.583. The number of hydrogen-bond acceptors (Lipinski definition) is 4. The third-order valence-electron chi connectivity index (χ3n) is 2.44. The van der Waals surface area contributed by atoms with Crippen molar-refractivity contribution in [2.75, 3.05) is 26.8 Å². The minimum absolute atomic E-state index is 0.0207. The summed E-state index contributed by atoms with van der Waals surface area (Å²) < 4.78 is 4.87. The monoisotopic (exact) mass is 256 g/mol. The lowest BCUT2D eigenvalue weighted by Gasteiger charge is -2.13. The third kappa shape index (κ3) is 5.81. The van der Waals surface area contributed by atoms with E-state index in [-0.39, 0.29) is 11.9 Å². The number of ether oxygens (including phenoxy) is 1. The van der Waals surface area contributed by atoms with Crippen LogP contribution in [0.2, 0.25) is 0 Å². The Balaban J connectivity index is 2.11. The molecule has 0 spiro atoms. The molecular formula is C12H20N2O2S. The molecule has 0 aromatic carbocycles. The first kappa shape index (κ1) is 14.2. The van der Waals surface area contributed by atoms with Gasteiger partial charge in [-0.25, -0.2) is 0 Å². The van der Waals surface area contributed by atoms with Crippen molar-refractivity contribution < 1.29 is 9.53 Å². The first-order valence-electron chi connectivity index (χ1n) is 5.75. The summed E-state index contributed by atoms with van der Waals surface area (Å²) in [6, 6.07) is 1.95. The number of carbonyl (C=O) groups is 1. The molecule has 1 aromatic rings. The van der Waals surface area contributed by atoms with Crippen molar-refractivity contribution in [3.05, 3.63) is 22.4 Å². The molecule has 1 rings (SSSR count). The molecule has 0 radical (unpaired) electrons. The van der Waals surface area contributed by atoms with Crippen LogP contribution in [0.3, 0.4) is 0 Å². The lowest BCUT2D eigenvalue weighted by Crippen LogP contribution is -2.43. The Labute approximate surface area is 106 Å². The van der Waals surface area contributed by atoms with Gasteiger partial charge in [0.1, 0.15) is 0 Å². The van der Waals surface area contributed by atoms with Gasteiger partial charge in [-0.15, -0.1) is 0 Å². The summed E-state index contributed by atoms with van der Waals surface area (Å²) >= 11 is 1.70. The zero-order valence-corrected chi connectivity index (χ0v) is 11.2. The predicted octanol–water partition coefficient (Wildman–Crippen LogP) is 1.03. The van der Waals surface area contributed by atoms with E-state index < -0.39 is 0 Å². The van der Waals surface area contributed by atoms with Crippen LogP contribution >= 0.6 is 11.3 Å². The Hall–Kier alpha value is -0.910. The van der Waals surface area contributed by atoms with Crippen molar-refractivity contribution >= 4 is 17.2 Å². The summed E-state index contributed by atoms with van der Waals surface area (Å²) in [5.74, 6) is 0.0207. The van der Waals surface area contributed by atoms with Gasteiger partial charge in [0.05, 0.1) is 12.6 Å². The summed E-state index contributed by atoms with van der Waals surface area (Å²) in [6.45, 7) is 3.80. The maximum Gasteiger partial charge on any atom is 0.236 e. The molecule has 1 amide bonds. The SMILES string of the molecule is COCCNC(=O)C(C)NCCc1ccsc1. The molecule has 0 aliphatic heterocycles. The summed E-state index contributed by atoms with van der Waals surface area (Å²) in [7, 11) is 1.62. The van der Waals surface area contributed by atoms with E-state index in [1.165, 1.54) is 5.56 Å². The average molecular weight is 256 g/mol. The molecule has 0 fully saturated rings. The zero-order valence-electron chi connectivity index (χ0n) is 10.4. The molecular weight excluding hydrogens is 236 g/mol. The number of methoxy groups -OCH3 is 1. The molecule has 0 saturated heterocycles. The van der Waals surface area contributed by atoms with Crippen molar-refractivity contribution in [3.8, 4) is 0 Å². The zero-order chi connectivity index (χ0) is 12.5. The number of rotatable bonds is 8. The maximum atomic E-state index is 11.6. The van der Waals surface area contributed by atoms with Crippen LogP contribution < -0.4 is 10.6 Å². The van der Waals surface area contributed by atoms with Gasteiger partial charge in [-0.2, -0.15) is 11.3 Å². The number of amides is 1. The van der Waals surface area contributed by atoms with Gasteiger partial charge in [0, 0.05) is 13.7 Å². The molecule has 4 nitrogen and oxygen atoms in total. The van der Waals surface area contributed by atoms with Crippen molar-refractivity contribution in [2.24, 2.45) is 0 Å². The van der Waals surface area contributed by atoms with Gasteiger partial charge in [0.15, 0.2) is 0 Å². The van der Waals surface area contributed by atoms with Gasteiger partial charge in [-0.1, -0.05) is 0 Å². The summed E-state index contributed by atoms with van der Waals surface area (Å²) in [6.07, 6.45) is 0.958. The molecule has 0 aliphatic rings. The predicted molar refractivity (Wildman–Crippen MR) is 70.4 cm³/mol. The van der Waals surface area contributed by atoms with Gasteiger partial charge < -0.3 is 15.4 Å². The van der Waals surface area contributed by atoms with E-state index in [2.05, 4.69) is 27.5 Å². The summed E-state index contributed by atoms with van der Waals surface area (Å²) in [5, 5.41) is 10.2. The van der Waals surface area contributed by atoms with E-state index in [0.717, 1.165) is 13.0 Å². The number of thiophene rings is 1. The summed E-state index contributed by atoms with van der Waals surface area (Å²) in [4.78, 5) is 11.6. The Morgan fingerprint density at radius 2 is 2.35 bits per heavy atom. The second-order valence-corrected chi connectivity index (χ2v) is 4.62. The summed E-state index contributed by atoms with van der Waals surface area (Å²) in [5.41, 5.74) is 1.31. The number of carbonyl (C=O) groups excluding carboxylic acids is 1. The van der Waals surface area contributed by atoms with Crippen LogP contribution in [-0.2, 0) is 16.0 Å². The van der Waals surface area contributed by atoms with E-state index in [1.807, 2.05) is 6.92 Å². The topological polar surface area (TPSA) is 50.4 Å². The average Bonchev–Trinajstić information content (AvgIpc) is 2.82. The first-order chi connectivity index (χ1) is 8.24. The molecule has 1 heterocycles. The Bertz CT molecular complexity index is 314. The van der Waals surface area contributed by atoms with Crippen molar-refractivity contribution in [2.45, 2.75) is 19.4 Å². The highest BCUT2D eigenvalue weighted by molar-refractivity contribution is 7.07. The quantitative estimate of drug-likeness (QED) is 0.683.